The van der Waals surface area contributed by atoms with E-state index in [1.165, 1.54) is 0 Å². The molecule has 2 N–H and O–H groups in total. The summed E-state index contributed by atoms with van der Waals surface area (Å²) in [4.78, 5) is 2.30. The maximum Gasteiger partial charge on any atom is 0.0175 e. The third-order valence-corrected chi connectivity index (χ3v) is 1.70. The largest absolute Gasteiger partial charge is 0.329 e. The van der Waals surface area contributed by atoms with E-state index < -0.39 is 0 Å². The molecule has 0 saturated carbocycles. The Bertz CT molecular complexity index is 124. The molecule has 0 bridgehead atoms. The molecule has 0 aromatic rings. The molecule has 0 unspecified atom stereocenters. The zero-order valence-corrected chi connectivity index (χ0v) is 8.72. The van der Waals surface area contributed by atoms with Gasteiger partial charge in [0.05, 0.1) is 0 Å². The van der Waals surface area contributed by atoms with Crippen molar-refractivity contribution in [3.05, 3.63) is 11.6 Å². The van der Waals surface area contributed by atoms with Crippen LogP contribution in [0.5, 0.6) is 0 Å². The summed E-state index contributed by atoms with van der Waals surface area (Å²) in [5.41, 5.74) is 7.04. The van der Waals surface area contributed by atoms with Gasteiger partial charge >= 0.3 is 0 Å². The molecule has 0 amide bonds. The smallest absolute Gasteiger partial charge is 0.0175 e. The maximum absolute atomic E-state index is 5.48. The summed E-state index contributed by atoms with van der Waals surface area (Å²) in [6.07, 6.45) is 1.94. The molecule has 0 aromatic heterocycles. The van der Waals surface area contributed by atoms with Crippen LogP contribution in [-0.2, 0) is 0 Å². The Morgan fingerprint density at radius 1 is 1.50 bits per heavy atom. The fourth-order valence-electron chi connectivity index (χ4n) is 1.14. The first-order chi connectivity index (χ1) is 5.70. The molecule has 0 spiro atoms. The number of hydrogen-bond donors (Lipinski definition) is 1. The van der Waals surface area contributed by atoms with Crippen molar-refractivity contribution in [2.24, 2.45) is 11.7 Å². The summed E-state index contributed by atoms with van der Waals surface area (Å²) in [7, 11) is 0. The molecule has 72 valence electrons. The predicted octanol–water partition coefficient (Wildman–Crippen LogP) is 1.66. The summed E-state index contributed by atoms with van der Waals surface area (Å²) in [5, 5.41) is 0. The predicted molar refractivity (Wildman–Crippen MR) is 55.3 cm³/mol. The van der Waals surface area contributed by atoms with E-state index in [2.05, 4.69) is 18.7 Å². The second-order valence-corrected chi connectivity index (χ2v) is 3.56. The van der Waals surface area contributed by atoms with Gasteiger partial charge < -0.3 is 5.73 Å². The van der Waals surface area contributed by atoms with Gasteiger partial charge in [0.2, 0.25) is 0 Å². The van der Waals surface area contributed by atoms with Crippen molar-refractivity contribution in [2.45, 2.75) is 13.8 Å². The average Bonchev–Trinajstić information content (AvgIpc) is 2.00. The standard InChI is InChI=1S/C9H19ClN2/c1-9(2)8-12(7-5-11)6-3-4-10/h3-4,9H,5-8,11H2,1-2H3/b4-3+. The van der Waals surface area contributed by atoms with Crippen molar-refractivity contribution in [3.63, 3.8) is 0 Å². The molecule has 0 rings (SSSR count). The van der Waals surface area contributed by atoms with Crippen LogP contribution in [0.3, 0.4) is 0 Å². The third-order valence-electron chi connectivity index (χ3n) is 1.52. The van der Waals surface area contributed by atoms with Gasteiger partial charge in [0.1, 0.15) is 0 Å². The van der Waals surface area contributed by atoms with Crippen LogP contribution in [0.4, 0.5) is 0 Å². The summed E-state index contributed by atoms with van der Waals surface area (Å²) in [6.45, 7) is 8.04. The van der Waals surface area contributed by atoms with Crippen molar-refractivity contribution in [3.8, 4) is 0 Å². The van der Waals surface area contributed by atoms with Gasteiger partial charge in [-0.1, -0.05) is 31.5 Å². The minimum Gasteiger partial charge on any atom is -0.329 e. The van der Waals surface area contributed by atoms with E-state index in [4.69, 9.17) is 17.3 Å². The second-order valence-electron chi connectivity index (χ2n) is 3.30. The monoisotopic (exact) mass is 190 g/mol. The summed E-state index contributed by atoms with van der Waals surface area (Å²) >= 11 is 5.44. The van der Waals surface area contributed by atoms with E-state index in [1.807, 2.05) is 6.08 Å². The van der Waals surface area contributed by atoms with E-state index in [-0.39, 0.29) is 0 Å². The average molecular weight is 191 g/mol. The number of rotatable bonds is 6. The first kappa shape index (κ1) is 11.9. The normalized spacial score (nSPS) is 12.2. The number of halogens is 1. The highest BCUT2D eigenvalue weighted by Gasteiger charge is 2.03. The Kier molecular flexibility index (Phi) is 7.56. The fourth-order valence-corrected chi connectivity index (χ4v) is 1.22. The Balaban J connectivity index is 3.69. The van der Waals surface area contributed by atoms with Gasteiger partial charge in [0.25, 0.3) is 0 Å². The zero-order chi connectivity index (χ0) is 9.40. The van der Waals surface area contributed by atoms with Crippen molar-refractivity contribution in [1.29, 1.82) is 0 Å². The molecule has 12 heavy (non-hydrogen) atoms. The highest BCUT2D eigenvalue weighted by Crippen LogP contribution is 1.98. The van der Waals surface area contributed by atoms with Crippen molar-refractivity contribution >= 4 is 11.6 Å². The SMILES string of the molecule is CC(C)CN(C/C=C/Cl)CCN. The van der Waals surface area contributed by atoms with Gasteiger partial charge in [-0.15, -0.1) is 0 Å². The van der Waals surface area contributed by atoms with Crippen LogP contribution in [0.15, 0.2) is 11.6 Å². The van der Waals surface area contributed by atoms with Crippen LogP contribution >= 0.6 is 11.6 Å². The molecule has 0 saturated heterocycles. The van der Waals surface area contributed by atoms with Gasteiger partial charge in [-0.3, -0.25) is 4.90 Å². The van der Waals surface area contributed by atoms with Gasteiger partial charge in [-0.05, 0) is 5.92 Å². The zero-order valence-electron chi connectivity index (χ0n) is 7.96. The quantitative estimate of drug-likeness (QED) is 0.691. The van der Waals surface area contributed by atoms with Gasteiger partial charge in [-0.2, -0.15) is 0 Å². The molecule has 0 aromatic carbocycles. The molecule has 0 aliphatic carbocycles. The summed E-state index contributed by atoms with van der Waals surface area (Å²) < 4.78 is 0. The molecule has 0 atom stereocenters. The van der Waals surface area contributed by atoms with Crippen molar-refractivity contribution in [1.82, 2.24) is 4.90 Å². The number of hydrogen-bond acceptors (Lipinski definition) is 2. The van der Waals surface area contributed by atoms with Crippen LogP contribution in [0.2, 0.25) is 0 Å². The van der Waals surface area contributed by atoms with E-state index >= 15 is 0 Å². The lowest BCUT2D eigenvalue weighted by atomic mass is 10.2. The lowest BCUT2D eigenvalue weighted by molar-refractivity contribution is 0.275. The summed E-state index contributed by atoms with van der Waals surface area (Å²) in [5.74, 6) is 0.681. The second kappa shape index (κ2) is 7.59. The van der Waals surface area contributed by atoms with E-state index in [0.29, 0.717) is 12.5 Å². The van der Waals surface area contributed by atoms with Crippen LogP contribution in [0, 0.1) is 5.92 Å². The molecule has 0 aliphatic rings. The molecular weight excluding hydrogens is 172 g/mol. The van der Waals surface area contributed by atoms with E-state index in [9.17, 15) is 0 Å². The minimum atomic E-state index is 0.681. The molecule has 0 aliphatic heterocycles. The number of nitrogens with two attached hydrogens (primary N) is 1. The van der Waals surface area contributed by atoms with Gasteiger partial charge in [-0.25, -0.2) is 0 Å². The van der Waals surface area contributed by atoms with Crippen molar-refractivity contribution in [2.75, 3.05) is 26.2 Å². The fraction of sp³-hybridized carbons (Fsp3) is 0.778. The molecular formula is C9H19ClN2. The Morgan fingerprint density at radius 3 is 2.58 bits per heavy atom. The molecule has 0 fully saturated rings. The first-order valence-electron chi connectivity index (χ1n) is 4.38. The minimum absolute atomic E-state index is 0.681. The molecule has 3 heteroatoms. The molecule has 2 nitrogen and oxygen atoms in total. The Morgan fingerprint density at radius 2 is 2.17 bits per heavy atom. The first-order valence-corrected chi connectivity index (χ1v) is 4.82. The highest BCUT2D eigenvalue weighted by atomic mass is 35.5. The highest BCUT2D eigenvalue weighted by molar-refractivity contribution is 6.25. The maximum atomic E-state index is 5.48. The molecule has 0 heterocycles. The van der Waals surface area contributed by atoms with Crippen LogP contribution in [0.1, 0.15) is 13.8 Å². The third kappa shape index (κ3) is 6.65. The van der Waals surface area contributed by atoms with Crippen LogP contribution in [0.25, 0.3) is 0 Å². The lowest BCUT2D eigenvalue weighted by Gasteiger charge is -2.21. The van der Waals surface area contributed by atoms with Gasteiger partial charge in [0, 0.05) is 31.7 Å². The summed E-state index contributed by atoms with van der Waals surface area (Å²) in [6, 6.07) is 0. The topological polar surface area (TPSA) is 29.3 Å². The lowest BCUT2D eigenvalue weighted by Crippen LogP contribution is -2.32. The van der Waals surface area contributed by atoms with E-state index in [0.717, 1.165) is 19.6 Å². The Hall–Kier alpha value is -0.0500. The van der Waals surface area contributed by atoms with E-state index in [1.54, 1.807) is 5.54 Å². The van der Waals surface area contributed by atoms with Crippen LogP contribution < -0.4 is 5.73 Å². The van der Waals surface area contributed by atoms with Gasteiger partial charge in [0.15, 0.2) is 0 Å². The van der Waals surface area contributed by atoms with Crippen molar-refractivity contribution < 1.29 is 0 Å². The Labute approximate surface area is 80.4 Å². The molecule has 0 radical (unpaired) electrons. The number of nitrogens with zero attached hydrogens (tertiary/aromatic N) is 1. The van der Waals surface area contributed by atoms with Crippen LogP contribution in [-0.4, -0.2) is 31.1 Å².